The Labute approximate surface area is 202 Å². The van der Waals surface area contributed by atoms with E-state index in [1.165, 1.54) is 27.9 Å². The normalized spacial score (nSPS) is 21.0. The van der Waals surface area contributed by atoms with Crippen molar-refractivity contribution in [1.82, 2.24) is 4.98 Å². The number of nitrogens with zero attached hydrogens (tertiary/aromatic N) is 2. The molecule has 1 N–H and O–H groups in total. The van der Waals surface area contributed by atoms with E-state index in [2.05, 4.69) is 52.3 Å². The summed E-state index contributed by atoms with van der Waals surface area (Å²) in [5.41, 5.74) is 6.51. The summed E-state index contributed by atoms with van der Waals surface area (Å²) < 4.78 is 11.0. The van der Waals surface area contributed by atoms with Gasteiger partial charge in [0.25, 0.3) is 0 Å². The van der Waals surface area contributed by atoms with Gasteiger partial charge in [-0.1, -0.05) is 18.2 Å². The summed E-state index contributed by atoms with van der Waals surface area (Å²) in [4.78, 5) is 6.70. The van der Waals surface area contributed by atoms with Gasteiger partial charge in [0.15, 0.2) is 6.29 Å². The van der Waals surface area contributed by atoms with Crippen molar-refractivity contribution in [3.63, 3.8) is 0 Å². The first-order valence-corrected chi connectivity index (χ1v) is 12.3. The number of anilines is 1. The molecule has 1 aromatic heterocycles. The lowest BCUT2D eigenvalue weighted by Gasteiger charge is -2.37. The number of aryl methyl sites for hydroxylation is 1. The second-order valence-corrected chi connectivity index (χ2v) is 9.54. The van der Waals surface area contributed by atoms with E-state index in [1.807, 2.05) is 24.5 Å². The van der Waals surface area contributed by atoms with Gasteiger partial charge in [0.05, 0.1) is 0 Å². The number of phenols is 1. The number of hydrogen-bond acceptors (Lipinski definition) is 5. The number of aromatic nitrogens is 1. The Kier molecular flexibility index (Phi) is 6.84. The number of aromatic hydroxyl groups is 1. The van der Waals surface area contributed by atoms with Gasteiger partial charge in [0.2, 0.25) is 0 Å². The van der Waals surface area contributed by atoms with E-state index in [4.69, 9.17) is 9.47 Å². The van der Waals surface area contributed by atoms with Gasteiger partial charge in [-0.3, -0.25) is 4.98 Å². The molecule has 0 radical (unpaired) electrons. The second-order valence-electron chi connectivity index (χ2n) is 9.54. The molecule has 2 atom stereocenters. The van der Waals surface area contributed by atoms with Crippen molar-refractivity contribution in [3.05, 3.63) is 89.2 Å². The fraction of sp³-hybridized carbons (Fsp3) is 0.414. The third-order valence-electron chi connectivity index (χ3n) is 7.73. The highest BCUT2D eigenvalue weighted by atomic mass is 16.7. The molecule has 0 amide bonds. The van der Waals surface area contributed by atoms with Gasteiger partial charge in [-0.05, 0) is 90.3 Å². The summed E-state index contributed by atoms with van der Waals surface area (Å²) in [7, 11) is 3.45. The summed E-state index contributed by atoms with van der Waals surface area (Å²) in [6, 6.07) is 19.3. The maximum atomic E-state index is 10.1. The van der Waals surface area contributed by atoms with E-state index >= 15 is 0 Å². The molecule has 3 aromatic rings. The van der Waals surface area contributed by atoms with Crippen LogP contribution in [-0.2, 0) is 15.9 Å². The summed E-state index contributed by atoms with van der Waals surface area (Å²) >= 11 is 0. The Morgan fingerprint density at radius 3 is 2.26 bits per heavy atom. The molecule has 1 fully saturated rings. The zero-order valence-electron chi connectivity index (χ0n) is 20.1. The van der Waals surface area contributed by atoms with Crippen LogP contribution in [0, 0.1) is 5.92 Å². The Bertz CT molecular complexity index is 1070. The highest BCUT2D eigenvalue weighted by Gasteiger charge is 2.32. The molecular formula is C29H34N2O3. The van der Waals surface area contributed by atoms with Crippen molar-refractivity contribution in [3.8, 4) is 5.75 Å². The van der Waals surface area contributed by atoms with Crippen LogP contribution < -0.4 is 4.90 Å². The smallest absolute Gasteiger partial charge is 0.159 e. The Balaban J connectivity index is 1.40. The van der Waals surface area contributed by atoms with Crippen LogP contribution in [0.5, 0.6) is 5.75 Å². The van der Waals surface area contributed by atoms with E-state index in [-0.39, 0.29) is 12.2 Å². The number of rotatable bonds is 6. The van der Waals surface area contributed by atoms with Gasteiger partial charge in [-0.2, -0.15) is 0 Å². The maximum Gasteiger partial charge on any atom is 0.159 e. The van der Waals surface area contributed by atoms with E-state index in [0.29, 0.717) is 17.6 Å². The highest BCUT2D eigenvalue weighted by molar-refractivity contribution is 5.52. The molecular weight excluding hydrogens is 424 g/mol. The minimum absolute atomic E-state index is 0.111. The fourth-order valence-electron chi connectivity index (χ4n) is 5.99. The third-order valence-corrected chi connectivity index (χ3v) is 7.73. The Morgan fingerprint density at radius 1 is 0.882 bits per heavy atom. The van der Waals surface area contributed by atoms with Gasteiger partial charge in [0, 0.05) is 57.2 Å². The number of ether oxygens (including phenoxy) is 2. The summed E-state index contributed by atoms with van der Waals surface area (Å²) in [5.74, 6) is 1.45. The number of phenolic OH excluding ortho intramolecular Hbond substituents is 1. The van der Waals surface area contributed by atoms with Gasteiger partial charge in [-0.15, -0.1) is 0 Å². The van der Waals surface area contributed by atoms with Crippen LogP contribution in [0.1, 0.15) is 53.4 Å². The minimum atomic E-state index is -0.111. The van der Waals surface area contributed by atoms with Gasteiger partial charge in [0.1, 0.15) is 5.75 Å². The first kappa shape index (κ1) is 22.9. The largest absolute Gasteiger partial charge is 0.508 e. The predicted octanol–water partition coefficient (Wildman–Crippen LogP) is 5.48. The number of fused-ring (bicyclic) bond motifs is 1. The zero-order chi connectivity index (χ0) is 23.5. The van der Waals surface area contributed by atoms with Crippen LogP contribution in [0.15, 0.2) is 67.0 Å². The van der Waals surface area contributed by atoms with Crippen LogP contribution >= 0.6 is 0 Å². The van der Waals surface area contributed by atoms with Crippen LogP contribution in [0.2, 0.25) is 0 Å². The predicted molar refractivity (Wildman–Crippen MR) is 134 cm³/mol. The second kappa shape index (κ2) is 10.2. The van der Waals surface area contributed by atoms with Crippen molar-refractivity contribution < 1.29 is 14.6 Å². The average Bonchev–Trinajstić information content (AvgIpc) is 2.90. The van der Waals surface area contributed by atoms with Crippen LogP contribution in [-0.4, -0.2) is 43.7 Å². The number of hydrogen-bond donors (Lipinski definition) is 1. The van der Waals surface area contributed by atoms with Crippen molar-refractivity contribution in [2.45, 2.75) is 43.8 Å². The lowest BCUT2D eigenvalue weighted by Crippen LogP contribution is -2.39. The fourth-order valence-corrected chi connectivity index (χ4v) is 5.99. The Morgan fingerprint density at radius 2 is 1.59 bits per heavy atom. The average molecular weight is 459 g/mol. The van der Waals surface area contributed by atoms with E-state index in [9.17, 15) is 5.11 Å². The molecule has 5 rings (SSSR count). The van der Waals surface area contributed by atoms with Gasteiger partial charge in [-0.25, -0.2) is 0 Å². The number of pyridine rings is 1. The molecule has 2 aliphatic rings. The summed E-state index contributed by atoms with van der Waals surface area (Å²) in [5, 5.41) is 10.1. The molecule has 178 valence electrons. The van der Waals surface area contributed by atoms with Crippen molar-refractivity contribution in [1.29, 1.82) is 0 Å². The maximum absolute atomic E-state index is 10.1. The van der Waals surface area contributed by atoms with Crippen LogP contribution in [0.4, 0.5) is 5.69 Å². The molecule has 5 nitrogen and oxygen atoms in total. The van der Waals surface area contributed by atoms with Crippen LogP contribution in [0.3, 0.4) is 0 Å². The molecule has 5 heteroatoms. The molecule has 2 unspecified atom stereocenters. The number of benzene rings is 2. The molecule has 0 spiro atoms. The molecule has 2 aromatic carbocycles. The van der Waals surface area contributed by atoms with Crippen LogP contribution in [0.25, 0.3) is 0 Å². The molecule has 34 heavy (non-hydrogen) atoms. The first-order chi connectivity index (χ1) is 16.7. The topological polar surface area (TPSA) is 54.8 Å². The molecule has 2 heterocycles. The standard InChI is InChI=1S/C29H34N2O3/c1-33-29(34-2)22-13-17-31(18-14-22)24-6-3-21(4-7-24)28-26(20-11-15-30-16-12-20)9-5-23-19-25(32)8-10-27(23)28/h3-4,6-8,10-12,15-16,19,22,26,28-29,32H,5,9,13-14,17-18H2,1-2H3. The monoisotopic (exact) mass is 458 g/mol. The minimum Gasteiger partial charge on any atom is -0.508 e. The number of methoxy groups -OCH3 is 2. The van der Waals surface area contributed by atoms with E-state index in [0.717, 1.165) is 38.8 Å². The molecule has 1 saturated heterocycles. The zero-order valence-corrected chi connectivity index (χ0v) is 20.1. The van der Waals surface area contributed by atoms with Gasteiger partial charge < -0.3 is 19.5 Å². The Hall–Kier alpha value is -2.89. The van der Waals surface area contributed by atoms with E-state index < -0.39 is 0 Å². The lowest BCUT2D eigenvalue weighted by molar-refractivity contribution is -0.141. The van der Waals surface area contributed by atoms with Crippen molar-refractivity contribution >= 4 is 5.69 Å². The third kappa shape index (κ3) is 4.55. The quantitative estimate of drug-likeness (QED) is 0.496. The van der Waals surface area contributed by atoms with Crippen molar-refractivity contribution in [2.75, 3.05) is 32.2 Å². The lowest BCUT2D eigenvalue weighted by atomic mass is 9.69. The van der Waals surface area contributed by atoms with E-state index in [1.54, 1.807) is 14.2 Å². The number of piperidine rings is 1. The summed E-state index contributed by atoms with van der Waals surface area (Å²) in [6.07, 6.45) is 7.84. The molecule has 0 bridgehead atoms. The SMILES string of the molecule is COC(OC)C1CCN(c2ccc(C3c4ccc(O)cc4CCC3c3ccncc3)cc2)CC1. The first-order valence-electron chi connectivity index (χ1n) is 12.3. The van der Waals surface area contributed by atoms with Crippen molar-refractivity contribution in [2.24, 2.45) is 5.92 Å². The summed E-state index contributed by atoms with van der Waals surface area (Å²) in [6.45, 7) is 2.02. The molecule has 1 aliphatic heterocycles. The van der Waals surface area contributed by atoms with Gasteiger partial charge >= 0.3 is 0 Å². The molecule has 0 saturated carbocycles. The highest BCUT2D eigenvalue weighted by Crippen LogP contribution is 2.47. The molecule has 1 aliphatic carbocycles.